The van der Waals surface area contributed by atoms with Crippen LogP contribution in [0, 0.1) is 11.8 Å². The number of phenolic OH excluding ortho intramolecular Hbond substituents is 1. The van der Waals surface area contributed by atoms with Gasteiger partial charge in [0.15, 0.2) is 11.5 Å². The zero-order chi connectivity index (χ0) is 19.7. The number of rotatable bonds is 2. The number of ketones is 2. The number of fused-ring (bicyclic) bond motifs is 4. The maximum Gasteiger partial charge on any atom is 0.229 e. The van der Waals surface area contributed by atoms with Gasteiger partial charge in [0.25, 0.3) is 0 Å². The molecule has 0 saturated heterocycles. The molecular formula is C25H18O4. The molecule has 3 aromatic rings. The summed E-state index contributed by atoms with van der Waals surface area (Å²) in [6, 6.07) is 16.1. The minimum atomic E-state index is -0.237. The summed E-state index contributed by atoms with van der Waals surface area (Å²) >= 11 is 0. The molecule has 1 fully saturated rings. The lowest BCUT2D eigenvalue weighted by molar-refractivity contribution is 0.0958. The maximum atomic E-state index is 13.0. The van der Waals surface area contributed by atoms with Crippen LogP contribution in [0.5, 0.6) is 5.75 Å². The van der Waals surface area contributed by atoms with E-state index in [2.05, 4.69) is 12.2 Å². The highest BCUT2D eigenvalue weighted by atomic mass is 16.4. The molecule has 1 aromatic heterocycles. The minimum absolute atomic E-state index is 0.00684. The number of allylic oxidation sites excluding steroid dienone is 2. The lowest BCUT2D eigenvalue weighted by Crippen LogP contribution is -2.18. The average Bonchev–Trinajstić information content (AvgIpc) is 3.46. The number of hydrogen-bond donors (Lipinski definition) is 1. The van der Waals surface area contributed by atoms with Crippen molar-refractivity contribution in [1.29, 1.82) is 0 Å². The van der Waals surface area contributed by atoms with Gasteiger partial charge in [-0.25, -0.2) is 0 Å². The molecule has 4 heteroatoms. The fraction of sp³-hybridized carbons (Fsp3) is 0.200. The molecule has 3 aliphatic rings. The van der Waals surface area contributed by atoms with E-state index in [1.807, 2.05) is 18.2 Å². The van der Waals surface area contributed by atoms with Gasteiger partial charge in [-0.1, -0.05) is 54.6 Å². The van der Waals surface area contributed by atoms with Gasteiger partial charge in [-0.05, 0) is 36.0 Å². The molecule has 4 nitrogen and oxygen atoms in total. The van der Waals surface area contributed by atoms with E-state index in [0.29, 0.717) is 28.4 Å². The first-order valence-corrected chi connectivity index (χ1v) is 9.92. The van der Waals surface area contributed by atoms with Gasteiger partial charge < -0.3 is 9.52 Å². The Morgan fingerprint density at radius 2 is 1.45 bits per heavy atom. The van der Waals surface area contributed by atoms with Gasteiger partial charge in [0.2, 0.25) is 5.78 Å². The van der Waals surface area contributed by atoms with Crippen LogP contribution in [0.2, 0.25) is 0 Å². The third-order valence-corrected chi connectivity index (χ3v) is 6.70. The molecule has 2 aromatic carbocycles. The molecule has 2 bridgehead atoms. The summed E-state index contributed by atoms with van der Waals surface area (Å²) < 4.78 is 6.09. The zero-order valence-corrected chi connectivity index (χ0v) is 15.5. The number of hydrogen-bond acceptors (Lipinski definition) is 4. The first-order chi connectivity index (χ1) is 14.1. The van der Waals surface area contributed by atoms with Crippen LogP contribution in [0.15, 0.2) is 71.2 Å². The van der Waals surface area contributed by atoms with Crippen molar-refractivity contribution in [3.8, 4) is 5.75 Å². The smallest absolute Gasteiger partial charge is 0.229 e. The van der Waals surface area contributed by atoms with Crippen LogP contribution in [-0.2, 0) is 0 Å². The summed E-state index contributed by atoms with van der Waals surface area (Å²) in [4.78, 5) is 25.9. The SMILES string of the molecule is O=C1c2ccccc2C(=O)c2oc([C@H]3[C@@H](c4ccccc4O)[C@H]4C=C[C@@H]3C4)cc21. The van der Waals surface area contributed by atoms with Crippen LogP contribution in [0.4, 0.5) is 0 Å². The first-order valence-electron chi connectivity index (χ1n) is 9.92. The highest BCUT2D eigenvalue weighted by Crippen LogP contribution is 2.59. The van der Waals surface area contributed by atoms with E-state index in [1.54, 1.807) is 36.4 Å². The normalized spacial score (nSPS) is 26.6. The standard InChI is InChI=1S/C25H18O4/c26-19-8-4-3-7-17(19)21-13-9-10-14(11-13)22(21)20-12-18-23(27)15-5-1-2-6-16(15)24(28)25(18)29-20/h1-10,12-14,21-22,26H,11H2/t13-,14+,21+,22-/m0/s1. The Kier molecular flexibility index (Phi) is 3.31. The molecule has 6 rings (SSSR count). The molecule has 3 aliphatic carbocycles. The Hall–Kier alpha value is -3.40. The third kappa shape index (κ3) is 2.20. The van der Waals surface area contributed by atoms with Crippen molar-refractivity contribution in [3.63, 3.8) is 0 Å². The molecule has 142 valence electrons. The summed E-state index contributed by atoms with van der Waals surface area (Å²) in [5, 5.41) is 10.5. The van der Waals surface area contributed by atoms with Gasteiger partial charge in [0.1, 0.15) is 11.5 Å². The molecule has 4 atom stereocenters. The lowest BCUT2D eigenvalue weighted by atomic mass is 9.76. The second-order valence-electron chi connectivity index (χ2n) is 8.15. The molecule has 0 unspecified atom stereocenters. The zero-order valence-electron chi connectivity index (χ0n) is 15.5. The minimum Gasteiger partial charge on any atom is -0.508 e. The molecule has 1 saturated carbocycles. The van der Waals surface area contributed by atoms with E-state index in [1.165, 1.54) is 0 Å². The fourth-order valence-electron chi connectivity index (χ4n) is 5.46. The predicted molar refractivity (Wildman–Crippen MR) is 106 cm³/mol. The van der Waals surface area contributed by atoms with E-state index in [4.69, 9.17) is 4.42 Å². The van der Waals surface area contributed by atoms with Crippen molar-refractivity contribution in [3.05, 3.63) is 101 Å². The topological polar surface area (TPSA) is 67.5 Å². The van der Waals surface area contributed by atoms with E-state index in [0.717, 1.165) is 12.0 Å². The molecule has 1 N–H and O–H groups in total. The van der Waals surface area contributed by atoms with Gasteiger partial charge >= 0.3 is 0 Å². The van der Waals surface area contributed by atoms with E-state index in [-0.39, 0.29) is 40.8 Å². The fourth-order valence-corrected chi connectivity index (χ4v) is 5.46. The van der Waals surface area contributed by atoms with Crippen LogP contribution >= 0.6 is 0 Å². The van der Waals surface area contributed by atoms with Crippen LogP contribution in [0.1, 0.15) is 61.6 Å². The number of carbonyl (C=O) groups excluding carboxylic acids is 2. The van der Waals surface area contributed by atoms with Crippen LogP contribution < -0.4 is 0 Å². The molecule has 0 spiro atoms. The lowest BCUT2D eigenvalue weighted by Gasteiger charge is -2.27. The number of carbonyl (C=O) groups is 2. The molecule has 29 heavy (non-hydrogen) atoms. The Labute approximate surface area is 167 Å². The highest BCUT2D eigenvalue weighted by molar-refractivity contribution is 6.27. The van der Waals surface area contributed by atoms with Gasteiger partial charge in [0, 0.05) is 23.0 Å². The third-order valence-electron chi connectivity index (χ3n) is 6.70. The van der Waals surface area contributed by atoms with Crippen LogP contribution in [0.3, 0.4) is 0 Å². The van der Waals surface area contributed by atoms with E-state index in [9.17, 15) is 14.7 Å². The Morgan fingerprint density at radius 3 is 2.21 bits per heavy atom. The summed E-state index contributed by atoms with van der Waals surface area (Å²) in [5.41, 5.74) is 2.08. The van der Waals surface area contributed by atoms with Crippen LogP contribution in [0.25, 0.3) is 0 Å². The summed E-state index contributed by atoms with van der Waals surface area (Å²) in [6.07, 6.45) is 5.40. The second kappa shape index (κ2) is 5.80. The van der Waals surface area contributed by atoms with Crippen molar-refractivity contribution < 1.29 is 19.1 Å². The van der Waals surface area contributed by atoms with Crippen molar-refractivity contribution in [2.45, 2.75) is 18.3 Å². The van der Waals surface area contributed by atoms with Gasteiger partial charge in [0.05, 0.1) is 5.56 Å². The number of furan rings is 1. The summed E-state index contributed by atoms with van der Waals surface area (Å²) in [7, 11) is 0. The second-order valence-corrected chi connectivity index (χ2v) is 8.15. The predicted octanol–water partition coefficient (Wildman–Crippen LogP) is 4.83. The molecule has 0 amide bonds. The Bertz CT molecular complexity index is 1160. The Morgan fingerprint density at radius 1 is 0.793 bits per heavy atom. The largest absolute Gasteiger partial charge is 0.508 e. The molecular weight excluding hydrogens is 364 g/mol. The van der Waals surface area contributed by atoms with Gasteiger partial charge in [-0.3, -0.25) is 9.59 Å². The van der Waals surface area contributed by atoms with E-state index < -0.39 is 0 Å². The quantitative estimate of drug-likeness (QED) is 0.504. The van der Waals surface area contributed by atoms with Crippen molar-refractivity contribution >= 4 is 11.6 Å². The van der Waals surface area contributed by atoms with Crippen molar-refractivity contribution in [2.24, 2.45) is 11.8 Å². The number of phenols is 1. The van der Waals surface area contributed by atoms with Crippen molar-refractivity contribution in [2.75, 3.05) is 0 Å². The van der Waals surface area contributed by atoms with Crippen LogP contribution in [-0.4, -0.2) is 16.7 Å². The molecule has 0 radical (unpaired) electrons. The van der Waals surface area contributed by atoms with Crippen molar-refractivity contribution in [1.82, 2.24) is 0 Å². The molecule has 1 heterocycles. The summed E-state index contributed by atoms with van der Waals surface area (Å²) in [5.74, 6) is 1.32. The van der Waals surface area contributed by atoms with Gasteiger partial charge in [-0.15, -0.1) is 0 Å². The highest BCUT2D eigenvalue weighted by Gasteiger charge is 2.49. The maximum absolute atomic E-state index is 13.0. The Balaban J connectivity index is 1.48. The number of benzene rings is 2. The number of para-hydroxylation sites is 1. The summed E-state index contributed by atoms with van der Waals surface area (Å²) in [6.45, 7) is 0. The van der Waals surface area contributed by atoms with E-state index >= 15 is 0 Å². The van der Waals surface area contributed by atoms with Gasteiger partial charge in [-0.2, -0.15) is 0 Å². The number of aromatic hydroxyl groups is 1. The molecule has 0 aliphatic heterocycles. The monoisotopic (exact) mass is 382 g/mol. The first kappa shape index (κ1) is 16.5. The average molecular weight is 382 g/mol.